The quantitative estimate of drug-likeness (QED) is 0.801. The summed E-state index contributed by atoms with van der Waals surface area (Å²) in [4.78, 5) is 0. The van der Waals surface area contributed by atoms with Crippen LogP contribution in [0.25, 0.3) is 0 Å². The van der Waals surface area contributed by atoms with Crippen LogP contribution in [-0.4, -0.2) is 5.11 Å². The van der Waals surface area contributed by atoms with E-state index in [1.54, 1.807) is 25.1 Å². The number of aliphatic hydroxyl groups is 1. The highest BCUT2D eigenvalue weighted by Gasteiger charge is 2.27. The van der Waals surface area contributed by atoms with Crippen molar-refractivity contribution in [3.8, 4) is 0 Å². The van der Waals surface area contributed by atoms with E-state index in [0.29, 0.717) is 16.5 Å². The monoisotopic (exact) mass is 386 g/mol. The van der Waals surface area contributed by atoms with Gasteiger partial charge in [0.25, 0.3) is 0 Å². The fourth-order valence-electron chi connectivity index (χ4n) is 2.01. The van der Waals surface area contributed by atoms with Crippen LogP contribution in [0.2, 0.25) is 0 Å². The molecule has 100 valence electrons. The summed E-state index contributed by atoms with van der Waals surface area (Å²) in [5, 5.41) is 10.5. The molecule has 0 spiro atoms. The van der Waals surface area contributed by atoms with Crippen LogP contribution in [0.3, 0.4) is 0 Å². The molecule has 0 aliphatic carbocycles. The van der Waals surface area contributed by atoms with Crippen LogP contribution < -0.4 is 0 Å². The van der Waals surface area contributed by atoms with E-state index >= 15 is 0 Å². The Morgan fingerprint density at radius 1 is 1.11 bits per heavy atom. The molecule has 0 aromatic heterocycles. The van der Waals surface area contributed by atoms with Gasteiger partial charge in [-0.2, -0.15) is 0 Å². The molecule has 1 nitrogen and oxygen atoms in total. The van der Waals surface area contributed by atoms with Crippen molar-refractivity contribution in [3.63, 3.8) is 0 Å². The van der Waals surface area contributed by atoms with E-state index in [0.717, 1.165) is 10.0 Å². The maximum Gasteiger partial charge on any atom is 0.143 e. The van der Waals surface area contributed by atoms with E-state index in [9.17, 15) is 9.50 Å². The van der Waals surface area contributed by atoms with Crippen molar-refractivity contribution in [2.45, 2.75) is 18.9 Å². The second kappa shape index (κ2) is 5.73. The van der Waals surface area contributed by atoms with Gasteiger partial charge in [0.1, 0.15) is 5.82 Å². The normalized spacial score (nSPS) is 14.2. The third kappa shape index (κ3) is 3.44. The standard InChI is InChI=1S/C15H13Br2FO/c1-15(19,9-10-5-7-11(16)8-6-10)12-3-2-4-13(17)14(12)18/h2-8,19H,9H2,1H3. The van der Waals surface area contributed by atoms with Crippen LogP contribution in [0.4, 0.5) is 4.39 Å². The summed E-state index contributed by atoms with van der Waals surface area (Å²) in [5.41, 5.74) is -0.000756. The van der Waals surface area contributed by atoms with E-state index in [2.05, 4.69) is 31.9 Å². The minimum absolute atomic E-state index is 0.296. The molecule has 0 saturated carbocycles. The van der Waals surface area contributed by atoms with Gasteiger partial charge in [0.15, 0.2) is 0 Å². The molecule has 0 heterocycles. The predicted molar refractivity (Wildman–Crippen MR) is 81.5 cm³/mol. The van der Waals surface area contributed by atoms with Gasteiger partial charge in [0, 0.05) is 16.5 Å². The molecule has 2 rings (SSSR count). The topological polar surface area (TPSA) is 20.2 Å². The van der Waals surface area contributed by atoms with Crippen LogP contribution >= 0.6 is 31.9 Å². The van der Waals surface area contributed by atoms with Gasteiger partial charge in [-0.05, 0) is 46.6 Å². The molecule has 0 amide bonds. The third-order valence-corrected chi connectivity index (χ3v) is 4.13. The van der Waals surface area contributed by atoms with Gasteiger partial charge < -0.3 is 5.11 Å². The lowest BCUT2D eigenvalue weighted by atomic mass is 9.89. The number of rotatable bonds is 3. The fourth-order valence-corrected chi connectivity index (χ4v) is 2.65. The molecule has 1 unspecified atom stereocenters. The Morgan fingerprint density at radius 3 is 2.37 bits per heavy atom. The molecule has 2 aromatic carbocycles. The average Bonchev–Trinajstić information content (AvgIpc) is 2.35. The second-order valence-corrected chi connectivity index (χ2v) is 6.45. The zero-order chi connectivity index (χ0) is 14.0. The molecule has 0 saturated heterocycles. The van der Waals surface area contributed by atoms with Crippen LogP contribution in [0.5, 0.6) is 0 Å². The maximum atomic E-state index is 14.0. The molecule has 1 N–H and O–H groups in total. The van der Waals surface area contributed by atoms with Crippen LogP contribution in [0.1, 0.15) is 18.1 Å². The number of halogens is 3. The fraction of sp³-hybridized carbons (Fsp3) is 0.200. The lowest BCUT2D eigenvalue weighted by Gasteiger charge is -2.25. The molecular formula is C15H13Br2FO. The summed E-state index contributed by atoms with van der Waals surface area (Å²) in [5.74, 6) is -0.412. The van der Waals surface area contributed by atoms with Gasteiger partial charge in [0.05, 0.1) is 10.1 Å². The highest BCUT2D eigenvalue weighted by Crippen LogP contribution is 2.31. The van der Waals surface area contributed by atoms with Gasteiger partial charge in [0.2, 0.25) is 0 Å². The molecule has 0 aliphatic rings. The number of benzene rings is 2. The zero-order valence-corrected chi connectivity index (χ0v) is 13.5. The van der Waals surface area contributed by atoms with Gasteiger partial charge >= 0.3 is 0 Å². The molecule has 19 heavy (non-hydrogen) atoms. The predicted octanol–water partition coefficient (Wildman–Crippen LogP) is 4.80. The van der Waals surface area contributed by atoms with Gasteiger partial charge in [-0.1, -0.05) is 40.2 Å². The Kier molecular flexibility index (Phi) is 4.43. The molecule has 0 radical (unpaired) electrons. The molecular weight excluding hydrogens is 375 g/mol. The molecule has 2 aromatic rings. The maximum absolute atomic E-state index is 14.0. The first-order valence-corrected chi connectivity index (χ1v) is 7.40. The third-order valence-electron chi connectivity index (χ3n) is 2.99. The van der Waals surface area contributed by atoms with E-state index in [1.807, 2.05) is 24.3 Å². The summed E-state index contributed by atoms with van der Waals surface area (Å²) in [6.45, 7) is 1.62. The van der Waals surface area contributed by atoms with Gasteiger partial charge in [-0.15, -0.1) is 0 Å². The molecule has 0 aliphatic heterocycles. The first-order valence-electron chi connectivity index (χ1n) is 5.81. The number of hydrogen-bond acceptors (Lipinski definition) is 1. The van der Waals surface area contributed by atoms with Crippen molar-refractivity contribution in [2.24, 2.45) is 0 Å². The Morgan fingerprint density at radius 2 is 1.74 bits per heavy atom. The van der Waals surface area contributed by atoms with Crippen molar-refractivity contribution < 1.29 is 9.50 Å². The van der Waals surface area contributed by atoms with Crippen LogP contribution in [-0.2, 0) is 12.0 Å². The minimum atomic E-state index is -1.25. The Bertz CT molecular complexity index is 579. The largest absolute Gasteiger partial charge is 0.385 e. The summed E-state index contributed by atoms with van der Waals surface area (Å²) >= 11 is 6.50. The summed E-state index contributed by atoms with van der Waals surface area (Å²) in [7, 11) is 0. The lowest BCUT2D eigenvalue weighted by Crippen LogP contribution is -2.25. The SMILES string of the molecule is CC(O)(Cc1ccc(Br)cc1)c1cccc(Br)c1F. The van der Waals surface area contributed by atoms with Crippen molar-refractivity contribution >= 4 is 31.9 Å². The van der Waals surface area contributed by atoms with E-state index < -0.39 is 11.4 Å². The van der Waals surface area contributed by atoms with Crippen molar-refractivity contribution in [2.75, 3.05) is 0 Å². The van der Waals surface area contributed by atoms with E-state index in [4.69, 9.17) is 0 Å². The summed E-state index contributed by atoms with van der Waals surface area (Å²) in [6, 6.07) is 12.6. The minimum Gasteiger partial charge on any atom is -0.385 e. The van der Waals surface area contributed by atoms with E-state index in [1.165, 1.54) is 0 Å². The summed E-state index contributed by atoms with van der Waals surface area (Å²) < 4.78 is 15.4. The van der Waals surface area contributed by atoms with Crippen LogP contribution in [0.15, 0.2) is 51.4 Å². The Hall–Kier alpha value is -0.710. The van der Waals surface area contributed by atoms with E-state index in [-0.39, 0.29) is 0 Å². The average molecular weight is 388 g/mol. The van der Waals surface area contributed by atoms with Crippen molar-refractivity contribution in [1.82, 2.24) is 0 Å². The zero-order valence-electron chi connectivity index (χ0n) is 10.3. The Labute approximate surface area is 128 Å². The highest BCUT2D eigenvalue weighted by atomic mass is 79.9. The second-order valence-electron chi connectivity index (χ2n) is 4.68. The highest BCUT2D eigenvalue weighted by molar-refractivity contribution is 9.10. The molecule has 1 atom stereocenters. The first-order chi connectivity index (χ1) is 8.90. The van der Waals surface area contributed by atoms with Crippen LogP contribution in [0, 0.1) is 5.82 Å². The smallest absolute Gasteiger partial charge is 0.143 e. The molecule has 0 fully saturated rings. The summed E-state index contributed by atoms with van der Waals surface area (Å²) in [6.07, 6.45) is 0.355. The molecule has 0 bridgehead atoms. The van der Waals surface area contributed by atoms with Crippen molar-refractivity contribution in [3.05, 3.63) is 68.4 Å². The number of hydrogen-bond donors (Lipinski definition) is 1. The van der Waals surface area contributed by atoms with Crippen molar-refractivity contribution in [1.29, 1.82) is 0 Å². The van der Waals surface area contributed by atoms with Gasteiger partial charge in [-0.25, -0.2) is 4.39 Å². The van der Waals surface area contributed by atoms with Gasteiger partial charge in [-0.3, -0.25) is 0 Å². The Balaban J connectivity index is 2.31. The molecule has 4 heteroatoms. The first kappa shape index (κ1) is 14.7. The lowest BCUT2D eigenvalue weighted by molar-refractivity contribution is 0.0537.